The fourth-order valence-electron chi connectivity index (χ4n) is 3.85. The minimum Gasteiger partial charge on any atom is -0.454 e. The molecule has 2 aliphatic rings. The molecule has 0 saturated heterocycles. The Labute approximate surface area is 174 Å². The molecule has 1 heterocycles. The molecule has 0 radical (unpaired) electrons. The van der Waals surface area contributed by atoms with Crippen molar-refractivity contribution in [3.05, 3.63) is 76.8 Å². The molecule has 4 nitrogen and oxygen atoms in total. The number of fused-ring (bicyclic) bond motifs is 1. The van der Waals surface area contributed by atoms with Crippen LogP contribution in [0.5, 0.6) is 11.5 Å². The van der Waals surface area contributed by atoms with Gasteiger partial charge in [-0.1, -0.05) is 47.5 Å². The number of carbonyl (C=O) groups excluding carboxylic acids is 1. The summed E-state index contributed by atoms with van der Waals surface area (Å²) in [6.07, 6.45) is 1.63. The highest BCUT2D eigenvalue weighted by atomic mass is 35.5. The van der Waals surface area contributed by atoms with E-state index >= 15 is 0 Å². The van der Waals surface area contributed by atoms with E-state index < -0.39 is 5.41 Å². The van der Waals surface area contributed by atoms with Crippen LogP contribution < -0.4 is 14.8 Å². The minimum atomic E-state index is -0.510. The van der Waals surface area contributed by atoms with Gasteiger partial charge in [0.15, 0.2) is 11.5 Å². The lowest BCUT2D eigenvalue weighted by molar-refractivity contribution is -0.118. The van der Waals surface area contributed by atoms with Gasteiger partial charge in [-0.3, -0.25) is 4.79 Å². The lowest BCUT2D eigenvalue weighted by Crippen LogP contribution is -2.27. The van der Waals surface area contributed by atoms with Crippen molar-refractivity contribution in [1.29, 1.82) is 0 Å². The predicted molar refractivity (Wildman–Crippen MR) is 114 cm³/mol. The number of hydrogen-bond acceptors (Lipinski definition) is 3. The van der Waals surface area contributed by atoms with Crippen molar-refractivity contribution in [2.24, 2.45) is 0 Å². The van der Waals surface area contributed by atoms with Gasteiger partial charge in [0.2, 0.25) is 12.7 Å². The van der Waals surface area contributed by atoms with Crippen LogP contribution in [-0.4, -0.2) is 12.7 Å². The molecular formula is C24H20ClNO3. The van der Waals surface area contributed by atoms with Crippen LogP contribution in [0.3, 0.4) is 0 Å². The van der Waals surface area contributed by atoms with Gasteiger partial charge in [0.25, 0.3) is 0 Å². The van der Waals surface area contributed by atoms with E-state index in [1.165, 1.54) is 0 Å². The van der Waals surface area contributed by atoms with Crippen molar-refractivity contribution in [2.75, 3.05) is 12.1 Å². The van der Waals surface area contributed by atoms with Gasteiger partial charge in [-0.2, -0.15) is 0 Å². The van der Waals surface area contributed by atoms with E-state index in [1.54, 1.807) is 0 Å². The van der Waals surface area contributed by atoms with Gasteiger partial charge in [0.1, 0.15) is 0 Å². The van der Waals surface area contributed by atoms with E-state index in [0.29, 0.717) is 10.8 Å². The molecule has 1 N–H and O–H groups in total. The Morgan fingerprint density at radius 2 is 1.83 bits per heavy atom. The summed E-state index contributed by atoms with van der Waals surface area (Å²) in [4.78, 5) is 13.2. The van der Waals surface area contributed by atoms with Crippen LogP contribution in [0, 0.1) is 6.92 Å². The largest absolute Gasteiger partial charge is 0.454 e. The summed E-state index contributed by atoms with van der Waals surface area (Å²) in [6, 6.07) is 19.5. The summed E-state index contributed by atoms with van der Waals surface area (Å²) < 4.78 is 10.9. The van der Waals surface area contributed by atoms with Crippen LogP contribution in [-0.2, 0) is 10.2 Å². The molecule has 1 amide bonds. The second-order valence-electron chi connectivity index (χ2n) is 7.67. The van der Waals surface area contributed by atoms with Crippen LogP contribution in [0.15, 0.2) is 60.7 Å². The Bertz CT molecular complexity index is 1120. The Balaban J connectivity index is 1.42. The van der Waals surface area contributed by atoms with Gasteiger partial charge in [-0.25, -0.2) is 0 Å². The molecule has 1 saturated carbocycles. The third kappa shape index (κ3) is 3.23. The summed E-state index contributed by atoms with van der Waals surface area (Å²) in [5, 5.41) is 3.75. The molecular weight excluding hydrogens is 386 g/mol. The summed E-state index contributed by atoms with van der Waals surface area (Å²) in [5.74, 6) is 1.43. The first-order valence-electron chi connectivity index (χ1n) is 9.63. The maximum atomic E-state index is 13.2. The Morgan fingerprint density at radius 3 is 2.62 bits per heavy atom. The first-order chi connectivity index (χ1) is 14.0. The van der Waals surface area contributed by atoms with Gasteiger partial charge in [0, 0.05) is 16.3 Å². The summed E-state index contributed by atoms with van der Waals surface area (Å²) in [7, 11) is 0. The number of rotatable bonds is 4. The van der Waals surface area contributed by atoms with Crippen molar-refractivity contribution >= 4 is 23.2 Å². The number of benzene rings is 3. The van der Waals surface area contributed by atoms with Gasteiger partial charge in [-0.05, 0) is 61.2 Å². The summed E-state index contributed by atoms with van der Waals surface area (Å²) >= 11 is 6.43. The molecule has 1 fully saturated rings. The maximum Gasteiger partial charge on any atom is 0.235 e. The van der Waals surface area contributed by atoms with Crippen molar-refractivity contribution in [2.45, 2.75) is 25.2 Å². The van der Waals surface area contributed by atoms with E-state index in [0.717, 1.165) is 46.5 Å². The lowest BCUT2D eigenvalue weighted by Gasteiger charge is -2.17. The van der Waals surface area contributed by atoms with Crippen molar-refractivity contribution < 1.29 is 14.3 Å². The van der Waals surface area contributed by atoms with Gasteiger partial charge in [-0.15, -0.1) is 0 Å². The zero-order valence-corrected chi connectivity index (χ0v) is 16.8. The first kappa shape index (κ1) is 18.1. The SMILES string of the molecule is Cc1cccc(-c2cc(NC(=O)C3(c4ccc5c(c4)OCO5)CC3)ccc2Cl)c1. The van der Waals surface area contributed by atoms with Gasteiger partial charge in [0.05, 0.1) is 5.41 Å². The standard InChI is InChI=1S/C24H20ClNO3/c1-15-3-2-4-16(11-15)19-13-18(6-7-20(19)25)26-23(27)24(9-10-24)17-5-8-21-22(12-17)29-14-28-21/h2-8,11-13H,9-10,14H2,1H3,(H,26,27). The normalized spacial score (nSPS) is 15.8. The van der Waals surface area contributed by atoms with Crippen molar-refractivity contribution in [3.63, 3.8) is 0 Å². The topological polar surface area (TPSA) is 47.6 Å². The van der Waals surface area contributed by atoms with Crippen LogP contribution in [0.25, 0.3) is 11.1 Å². The predicted octanol–water partition coefficient (Wildman–Crippen LogP) is 5.71. The Kier molecular flexibility index (Phi) is 4.25. The molecule has 0 atom stereocenters. The molecule has 0 unspecified atom stereocenters. The van der Waals surface area contributed by atoms with E-state index in [2.05, 4.69) is 11.4 Å². The summed E-state index contributed by atoms with van der Waals surface area (Å²) in [5.41, 5.74) is 4.29. The highest BCUT2D eigenvalue weighted by Crippen LogP contribution is 2.51. The third-order valence-electron chi connectivity index (χ3n) is 5.66. The van der Waals surface area contributed by atoms with E-state index in [-0.39, 0.29) is 12.7 Å². The zero-order valence-electron chi connectivity index (χ0n) is 16.0. The van der Waals surface area contributed by atoms with E-state index in [4.69, 9.17) is 21.1 Å². The molecule has 1 aliphatic carbocycles. The van der Waals surface area contributed by atoms with Crippen LogP contribution in [0.4, 0.5) is 5.69 Å². The van der Waals surface area contributed by atoms with Gasteiger partial charge < -0.3 is 14.8 Å². The minimum absolute atomic E-state index is 0.00567. The number of hydrogen-bond donors (Lipinski definition) is 1. The summed E-state index contributed by atoms with van der Waals surface area (Å²) in [6.45, 7) is 2.27. The molecule has 5 rings (SSSR count). The number of amides is 1. The molecule has 3 aromatic rings. The number of carbonyl (C=O) groups is 1. The quantitative estimate of drug-likeness (QED) is 0.604. The molecule has 1 aliphatic heterocycles. The van der Waals surface area contributed by atoms with Crippen LogP contribution in [0.2, 0.25) is 5.02 Å². The van der Waals surface area contributed by atoms with E-state index in [9.17, 15) is 4.79 Å². The zero-order chi connectivity index (χ0) is 20.0. The molecule has 29 heavy (non-hydrogen) atoms. The molecule has 5 heteroatoms. The second-order valence-corrected chi connectivity index (χ2v) is 8.08. The number of ether oxygens (including phenoxy) is 2. The van der Waals surface area contributed by atoms with Crippen LogP contribution in [0.1, 0.15) is 24.0 Å². The second kappa shape index (κ2) is 6.82. The Hall–Kier alpha value is -2.98. The smallest absolute Gasteiger partial charge is 0.235 e. The highest BCUT2D eigenvalue weighted by molar-refractivity contribution is 6.33. The maximum absolute atomic E-state index is 13.2. The molecule has 0 aromatic heterocycles. The molecule has 0 bridgehead atoms. The lowest BCUT2D eigenvalue weighted by atomic mass is 9.94. The van der Waals surface area contributed by atoms with E-state index in [1.807, 2.05) is 61.5 Å². The highest BCUT2D eigenvalue weighted by Gasteiger charge is 2.51. The molecule has 3 aromatic carbocycles. The number of halogens is 1. The monoisotopic (exact) mass is 405 g/mol. The van der Waals surface area contributed by atoms with Crippen molar-refractivity contribution in [3.8, 4) is 22.6 Å². The first-order valence-corrected chi connectivity index (χ1v) is 10.0. The average Bonchev–Trinajstić information content (AvgIpc) is 3.40. The van der Waals surface area contributed by atoms with Crippen LogP contribution >= 0.6 is 11.6 Å². The van der Waals surface area contributed by atoms with Crippen molar-refractivity contribution in [1.82, 2.24) is 0 Å². The molecule has 0 spiro atoms. The fraction of sp³-hybridized carbons (Fsp3) is 0.208. The van der Waals surface area contributed by atoms with Gasteiger partial charge >= 0.3 is 0 Å². The Morgan fingerprint density at radius 1 is 1.00 bits per heavy atom. The average molecular weight is 406 g/mol. The fourth-order valence-corrected chi connectivity index (χ4v) is 4.08. The third-order valence-corrected chi connectivity index (χ3v) is 5.99. The number of nitrogens with one attached hydrogen (secondary N) is 1. The number of aryl methyl sites for hydroxylation is 1. The molecule has 146 valence electrons. The number of anilines is 1.